The van der Waals surface area contributed by atoms with E-state index in [1.54, 1.807) is 17.4 Å². The first-order valence-electron chi connectivity index (χ1n) is 6.33. The van der Waals surface area contributed by atoms with Crippen molar-refractivity contribution in [1.29, 1.82) is 0 Å². The molecular weight excluding hydrogens is 313 g/mol. The van der Waals surface area contributed by atoms with Crippen LogP contribution in [0.4, 0.5) is 0 Å². The summed E-state index contributed by atoms with van der Waals surface area (Å²) >= 11 is 13.7. The van der Waals surface area contributed by atoms with Gasteiger partial charge in [-0.1, -0.05) is 48.4 Å². The molecule has 3 rings (SSSR count). The lowest BCUT2D eigenvalue weighted by atomic mass is 10.1. The van der Waals surface area contributed by atoms with Crippen molar-refractivity contribution in [1.82, 2.24) is 14.6 Å². The summed E-state index contributed by atoms with van der Waals surface area (Å²) in [5.41, 5.74) is 1.70. The molecule has 0 aliphatic rings. The highest BCUT2D eigenvalue weighted by atomic mass is 35.5. The number of hydrogen-bond donors (Lipinski definition) is 0. The average molecular weight is 326 g/mol. The van der Waals surface area contributed by atoms with Gasteiger partial charge in [0.25, 0.3) is 0 Å². The van der Waals surface area contributed by atoms with Crippen LogP contribution in [0.2, 0.25) is 10.0 Å². The van der Waals surface area contributed by atoms with Gasteiger partial charge in [-0.05, 0) is 24.1 Å². The van der Waals surface area contributed by atoms with Crippen molar-refractivity contribution in [2.45, 2.75) is 20.3 Å². The Morgan fingerprint density at radius 2 is 2.10 bits per heavy atom. The summed E-state index contributed by atoms with van der Waals surface area (Å²) in [6.07, 6.45) is 2.88. The van der Waals surface area contributed by atoms with Gasteiger partial charge in [0, 0.05) is 17.0 Å². The summed E-state index contributed by atoms with van der Waals surface area (Å²) in [4.78, 5) is 5.48. The third-order valence-electron chi connectivity index (χ3n) is 2.87. The maximum atomic E-state index is 6.21. The van der Waals surface area contributed by atoms with Crippen LogP contribution in [-0.2, 0) is 6.42 Å². The molecule has 0 atom stereocenters. The molecule has 0 radical (unpaired) electrons. The van der Waals surface area contributed by atoms with Gasteiger partial charge in [0.2, 0.25) is 4.96 Å². The summed E-state index contributed by atoms with van der Waals surface area (Å²) in [6, 6.07) is 5.42. The van der Waals surface area contributed by atoms with Crippen LogP contribution in [-0.4, -0.2) is 14.6 Å². The Kier molecular flexibility index (Phi) is 3.71. The zero-order chi connectivity index (χ0) is 14.3. The van der Waals surface area contributed by atoms with Crippen molar-refractivity contribution >= 4 is 39.5 Å². The van der Waals surface area contributed by atoms with E-state index in [0.717, 1.165) is 27.6 Å². The third kappa shape index (κ3) is 2.68. The maximum absolute atomic E-state index is 6.21. The quantitative estimate of drug-likeness (QED) is 0.681. The van der Waals surface area contributed by atoms with Gasteiger partial charge in [-0.25, -0.2) is 9.50 Å². The molecule has 0 aliphatic carbocycles. The molecule has 0 fully saturated rings. The van der Waals surface area contributed by atoms with E-state index >= 15 is 0 Å². The number of nitrogens with zero attached hydrogens (tertiary/aromatic N) is 3. The van der Waals surface area contributed by atoms with Gasteiger partial charge in [0.15, 0.2) is 0 Å². The van der Waals surface area contributed by atoms with Crippen molar-refractivity contribution < 1.29 is 0 Å². The summed E-state index contributed by atoms with van der Waals surface area (Å²) in [7, 11) is 0. The average Bonchev–Trinajstić information content (AvgIpc) is 2.85. The number of fused-ring (bicyclic) bond motifs is 1. The van der Waals surface area contributed by atoms with Crippen LogP contribution in [0.3, 0.4) is 0 Å². The molecule has 20 heavy (non-hydrogen) atoms. The van der Waals surface area contributed by atoms with Crippen molar-refractivity contribution in [3.8, 4) is 11.3 Å². The number of rotatable bonds is 3. The normalized spacial score (nSPS) is 11.7. The molecule has 3 nitrogen and oxygen atoms in total. The van der Waals surface area contributed by atoms with E-state index < -0.39 is 0 Å². The number of aromatic nitrogens is 3. The Hall–Kier alpha value is -1.10. The minimum Gasteiger partial charge on any atom is -0.217 e. The van der Waals surface area contributed by atoms with Crippen molar-refractivity contribution in [2.75, 3.05) is 0 Å². The SMILES string of the molecule is CC(C)Cc1nn2cc(-c3ccc(Cl)cc3Cl)nc2s1. The molecule has 0 N–H and O–H groups in total. The molecule has 0 amide bonds. The number of imidazole rings is 1. The first-order valence-corrected chi connectivity index (χ1v) is 7.90. The summed E-state index contributed by atoms with van der Waals surface area (Å²) in [5, 5.41) is 6.88. The lowest BCUT2D eigenvalue weighted by Crippen LogP contribution is -1.94. The predicted octanol–water partition coefficient (Wildman–Crippen LogP) is 4.96. The third-order valence-corrected chi connectivity index (χ3v) is 4.37. The van der Waals surface area contributed by atoms with Crippen molar-refractivity contribution in [2.24, 2.45) is 5.92 Å². The molecular formula is C14H13Cl2N3S. The van der Waals surface area contributed by atoms with Gasteiger partial charge in [-0.2, -0.15) is 5.10 Å². The summed E-state index contributed by atoms with van der Waals surface area (Å²) in [6.45, 7) is 4.37. The largest absolute Gasteiger partial charge is 0.217 e. The molecule has 0 saturated carbocycles. The Bertz CT molecular complexity index is 729. The molecule has 104 valence electrons. The Morgan fingerprint density at radius 1 is 1.30 bits per heavy atom. The van der Waals surface area contributed by atoms with Crippen LogP contribution in [0, 0.1) is 5.92 Å². The van der Waals surface area contributed by atoms with E-state index in [1.807, 2.05) is 22.8 Å². The Morgan fingerprint density at radius 3 is 2.75 bits per heavy atom. The van der Waals surface area contributed by atoms with Gasteiger partial charge >= 0.3 is 0 Å². The van der Waals surface area contributed by atoms with Crippen LogP contribution in [0.25, 0.3) is 16.2 Å². The molecule has 2 aromatic heterocycles. The van der Waals surface area contributed by atoms with E-state index in [0.29, 0.717) is 16.0 Å². The molecule has 1 aromatic carbocycles. The van der Waals surface area contributed by atoms with E-state index in [2.05, 4.69) is 23.9 Å². The van der Waals surface area contributed by atoms with Gasteiger partial charge in [0.1, 0.15) is 5.01 Å². The van der Waals surface area contributed by atoms with Crippen molar-refractivity contribution in [3.05, 3.63) is 39.4 Å². The van der Waals surface area contributed by atoms with E-state index in [-0.39, 0.29) is 0 Å². The summed E-state index contributed by atoms with van der Waals surface area (Å²) < 4.78 is 1.82. The molecule has 2 heterocycles. The second kappa shape index (κ2) is 5.35. The zero-order valence-electron chi connectivity index (χ0n) is 11.1. The smallest absolute Gasteiger partial charge is 0.212 e. The lowest BCUT2D eigenvalue weighted by molar-refractivity contribution is 0.637. The van der Waals surface area contributed by atoms with E-state index in [4.69, 9.17) is 23.2 Å². The van der Waals surface area contributed by atoms with Gasteiger partial charge in [-0.15, -0.1) is 0 Å². The first kappa shape index (κ1) is 13.9. The van der Waals surface area contributed by atoms with Crippen LogP contribution in [0.1, 0.15) is 18.9 Å². The number of hydrogen-bond acceptors (Lipinski definition) is 3. The predicted molar refractivity (Wildman–Crippen MR) is 84.9 cm³/mol. The Labute approximate surface area is 131 Å². The molecule has 6 heteroatoms. The zero-order valence-corrected chi connectivity index (χ0v) is 13.4. The molecule has 0 bridgehead atoms. The van der Waals surface area contributed by atoms with E-state index in [9.17, 15) is 0 Å². The fourth-order valence-electron chi connectivity index (χ4n) is 2.00. The highest BCUT2D eigenvalue weighted by molar-refractivity contribution is 7.16. The van der Waals surface area contributed by atoms with Gasteiger partial charge in [-0.3, -0.25) is 0 Å². The van der Waals surface area contributed by atoms with Gasteiger partial charge < -0.3 is 0 Å². The minimum atomic E-state index is 0.594. The second-order valence-corrected chi connectivity index (χ2v) is 6.96. The molecule has 0 saturated heterocycles. The Balaban J connectivity index is 1.99. The van der Waals surface area contributed by atoms with E-state index in [1.165, 1.54) is 0 Å². The fraction of sp³-hybridized carbons (Fsp3) is 0.286. The van der Waals surface area contributed by atoms with Crippen LogP contribution in [0.5, 0.6) is 0 Å². The highest BCUT2D eigenvalue weighted by Crippen LogP contribution is 2.30. The van der Waals surface area contributed by atoms with Gasteiger partial charge in [0.05, 0.1) is 16.9 Å². The lowest BCUT2D eigenvalue weighted by Gasteiger charge is -2.00. The van der Waals surface area contributed by atoms with Crippen LogP contribution >= 0.6 is 34.5 Å². The maximum Gasteiger partial charge on any atom is 0.212 e. The minimum absolute atomic E-state index is 0.594. The highest BCUT2D eigenvalue weighted by Gasteiger charge is 2.12. The molecule has 3 aromatic rings. The molecule has 0 aliphatic heterocycles. The first-order chi connectivity index (χ1) is 9.52. The topological polar surface area (TPSA) is 30.2 Å². The number of halogens is 2. The second-order valence-electron chi connectivity index (χ2n) is 5.07. The fourth-order valence-corrected chi connectivity index (χ4v) is 3.59. The number of benzene rings is 1. The van der Waals surface area contributed by atoms with Crippen LogP contribution in [0.15, 0.2) is 24.4 Å². The monoisotopic (exact) mass is 325 g/mol. The van der Waals surface area contributed by atoms with Crippen molar-refractivity contribution in [3.63, 3.8) is 0 Å². The standard InChI is InChI=1S/C14H13Cl2N3S/c1-8(2)5-13-18-19-7-12(17-14(19)20-13)10-4-3-9(15)6-11(10)16/h3-4,6-8H,5H2,1-2H3. The molecule has 0 unspecified atom stereocenters. The summed E-state index contributed by atoms with van der Waals surface area (Å²) in [5.74, 6) is 0.594. The molecule has 0 spiro atoms. The van der Waals surface area contributed by atoms with Crippen LogP contribution < -0.4 is 0 Å².